The molecule has 4 heteroatoms. The van der Waals surface area contributed by atoms with Crippen LogP contribution in [0.5, 0.6) is 11.5 Å². The summed E-state index contributed by atoms with van der Waals surface area (Å²) in [4.78, 5) is 12.8. The van der Waals surface area contributed by atoms with E-state index in [9.17, 15) is 4.79 Å². The van der Waals surface area contributed by atoms with E-state index in [1.54, 1.807) is 0 Å². The SMILES string of the molecule is O=C(NCc1ccc2c(c1)OCCO2)c1ccccc1CCc1ccccc1. The van der Waals surface area contributed by atoms with E-state index in [0.717, 1.165) is 41.0 Å². The fraction of sp³-hybridized carbons (Fsp3) is 0.208. The molecule has 0 fully saturated rings. The number of fused-ring (bicyclic) bond motifs is 1. The molecular weight excluding hydrogens is 350 g/mol. The third kappa shape index (κ3) is 4.34. The van der Waals surface area contributed by atoms with Gasteiger partial charge in [-0.15, -0.1) is 0 Å². The summed E-state index contributed by atoms with van der Waals surface area (Å²) in [6.45, 7) is 1.57. The van der Waals surface area contributed by atoms with E-state index in [2.05, 4.69) is 17.4 Å². The van der Waals surface area contributed by atoms with Crippen LogP contribution in [0.2, 0.25) is 0 Å². The normalized spacial score (nSPS) is 12.4. The fourth-order valence-electron chi connectivity index (χ4n) is 3.36. The van der Waals surface area contributed by atoms with Crippen LogP contribution in [0.4, 0.5) is 0 Å². The van der Waals surface area contributed by atoms with Gasteiger partial charge in [0, 0.05) is 12.1 Å². The lowest BCUT2D eigenvalue weighted by Gasteiger charge is -2.19. The molecule has 0 atom stereocenters. The van der Waals surface area contributed by atoms with E-state index >= 15 is 0 Å². The smallest absolute Gasteiger partial charge is 0.251 e. The second-order valence-corrected chi connectivity index (χ2v) is 6.80. The summed E-state index contributed by atoms with van der Waals surface area (Å²) in [5.74, 6) is 1.44. The average Bonchev–Trinajstić information content (AvgIpc) is 2.77. The Balaban J connectivity index is 1.41. The van der Waals surface area contributed by atoms with Gasteiger partial charge in [0.1, 0.15) is 13.2 Å². The Kier molecular flexibility index (Phi) is 5.57. The maximum absolute atomic E-state index is 12.8. The lowest BCUT2D eigenvalue weighted by Crippen LogP contribution is -2.24. The van der Waals surface area contributed by atoms with Crippen molar-refractivity contribution in [2.75, 3.05) is 13.2 Å². The molecule has 1 heterocycles. The standard InChI is InChI=1S/C24H23NO3/c26-24(25-17-19-11-13-22-23(16-19)28-15-14-27-22)21-9-5-4-8-20(21)12-10-18-6-2-1-3-7-18/h1-9,11,13,16H,10,12,14-15,17H2,(H,25,26). The monoisotopic (exact) mass is 373 g/mol. The Morgan fingerprint density at radius 1 is 0.786 bits per heavy atom. The molecule has 0 spiro atoms. The summed E-state index contributed by atoms with van der Waals surface area (Å²) in [5, 5.41) is 3.03. The fourth-order valence-corrected chi connectivity index (χ4v) is 3.36. The van der Waals surface area contributed by atoms with Crippen molar-refractivity contribution in [2.24, 2.45) is 0 Å². The van der Waals surface area contributed by atoms with Crippen LogP contribution in [-0.2, 0) is 19.4 Å². The van der Waals surface area contributed by atoms with Gasteiger partial charge >= 0.3 is 0 Å². The first kappa shape index (κ1) is 18.1. The minimum Gasteiger partial charge on any atom is -0.486 e. The van der Waals surface area contributed by atoms with E-state index in [1.807, 2.05) is 60.7 Å². The third-order valence-electron chi connectivity index (χ3n) is 4.85. The number of aryl methyl sites for hydroxylation is 2. The lowest BCUT2D eigenvalue weighted by atomic mass is 9.99. The predicted molar refractivity (Wildman–Crippen MR) is 109 cm³/mol. The molecule has 142 valence electrons. The van der Waals surface area contributed by atoms with E-state index in [-0.39, 0.29) is 5.91 Å². The van der Waals surface area contributed by atoms with Gasteiger partial charge in [-0.25, -0.2) is 0 Å². The molecule has 4 nitrogen and oxygen atoms in total. The molecule has 28 heavy (non-hydrogen) atoms. The zero-order valence-electron chi connectivity index (χ0n) is 15.7. The van der Waals surface area contributed by atoms with Crippen molar-refractivity contribution in [3.63, 3.8) is 0 Å². The molecule has 0 aliphatic carbocycles. The van der Waals surface area contributed by atoms with Crippen LogP contribution in [-0.4, -0.2) is 19.1 Å². The molecule has 0 aromatic heterocycles. The highest BCUT2D eigenvalue weighted by Gasteiger charge is 2.14. The number of ether oxygens (including phenoxy) is 2. The summed E-state index contributed by atoms with van der Waals surface area (Å²) in [5.41, 5.74) is 4.05. The highest BCUT2D eigenvalue weighted by Crippen LogP contribution is 2.30. The van der Waals surface area contributed by atoms with Crippen molar-refractivity contribution in [3.8, 4) is 11.5 Å². The van der Waals surface area contributed by atoms with E-state index in [4.69, 9.17) is 9.47 Å². The summed E-state index contributed by atoms with van der Waals surface area (Å²) in [6, 6.07) is 23.9. The molecule has 1 N–H and O–H groups in total. The van der Waals surface area contributed by atoms with Crippen LogP contribution in [0.25, 0.3) is 0 Å². The van der Waals surface area contributed by atoms with Crippen LogP contribution < -0.4 is 14.8 Å². The van der Waals surface area contributed by atoms with Gasteiger partial charge in [-0.3, -0.25) is 4.79 Å². The van der Waals surface area contributed by atoms with E-state index < -0.39 is 0 Å². The molecule has 1 aliphatic rings. The number of hydrogen-bond donors (Lipinski definition) is 1. The summed E-state index contributed by atoms with van der Waals surface area (Å²) < 4.78 is 11.2. The number of carbonyl (C=O) groups excluding carboxylic acids is 1. The first-order valence-electron chi connectivity index (χ1n) is 9.58. The number of rotatable bonds is 6. The first-order valence-corrected chi connectivity index (χ1v) is 9.58. The van der Waals surface area contributed by atoms with Crippen molar-refractivity contribution in [2.45, 2.75) is 19.4 Å². The number of amides is 1. The lowest BCUT2D eigenvalue weighted by molar-refractivity contribution is 0.0950. The van der Waals surface area contributed by atoms with Gasteiger partial charge in [0.25, 0.3) is 5.91 Å². The molecule has 1 amide bonds. The van der Waals surface area contributed by atoms with Gasteiger partial charge in [-0.2, -0.15) is 0 Å². The Hall–Kier alpha value is -3.27. The molecule has 3 aromatic carbocycles. The molecule has 0 saturated carbocycles. The molecule has 0 unspecified atom stereocenters. The molecule has 3 aromatic rings. The maximum atomic E-state index is 12.8. The van der Waals surface area contributed by atoms with E-state index in [0.29, 0.717) is 19.8 Å². The van der Waals surface area contributed by atoms with Crippen LogP contribution in [0, 0.1) is 0 Å². The molecule has 0 saturated heterocycles. The largest absolute Gasteiger partial charge is 0.486 e. The van der Waals surface area contributed by atoms with Crippen molar-refractivity contribution in [1.29, 1.82) is 0 Å². The van der Waals surface area contributed by atoms with Gasteiger partial charge in [0.2, 0.25) is 0 Å². The molecule has 4 rings (SSSR count). The second-order valence-electron chi connectivity index (χ2n) is 6.80. The number of carbonyl (C=O) groups is 1. The highest BCUT2D eigenvalue weighted by molar-refractivity contribution is 5.95. The number of benzene rings is 3. The summed E-state index contributed by atoms with van der Waals surface area (Å²) >= 11 is 0. The van der Waals surface area contributed by atoms with Gasteiger partial charge in [-0.1, -0.05) is 54.6 Å². The van der Waals surface area contributed by atoms with Crippen molar-refractivity contribution in [3.05, 3.63) is 95.1 Å². The topological polar surface area (TPSA) is 47.6 Å². The minimum absolute atomic E-state index is 0.0569. The second kappa shape index (κ2) is 8.61. The molecule has 0 radical (unpaired) electrons. The van der Waals surface area contributed by atoms with Crippen molar-refractivity contribution >= 4 is 5.91 Å². The highest BCUT2D eigenvalue weighted by atomic mass is 16.6. The van der Waals surface area contributed by atoms with Crippen molar-refractivity contribution < 1.29 is 14.3 Å². The quantitative estimate of drug-likeness (QED) is 0.705. The Morgan fingerprint density at radius 2 is 1.54 bits per heavy atom. The number of nitrogens with one attached hydrogen (secondary N) is 1. The third-order valence-corrected chi connectivity index (χ3v) is 4.85. The van der Waals surface area contributed by atoms with Crippen LogP contribution in [0.1, 0.15) is 27.0 Å². The number of hydrogen-bond acceptors (Lipinski definition) is 3. The maximum Gasteiger partial charge on any atom is 0.251 e. The van der Waals surface area contributed by atoms with E-state index in [1.165, 1.54) is 5.56 Å². The Bertz CT molecular complexity index is 953. The van der Waals surface area contributed by atoms with Crippen LogP contribution in [0.3, 0.4) is 0 Å². The first-order chi connectivity index (χ1) is 13.8. The Labute approximate surface area is 165 Å². The summed E-state index contributed by atoms with van der Waals surface area (Å²) in [6.07, 6.45) is 1.74. The zero-order valence-corrected chi connectivity index (χ0v) is 15.7. The minimum atomic E-state index is -0.0569. The predicted octanol–water partition coefficient (Wildman–Crippen LogP) is 4.17. The molecule has 1 aliphatic heterocycles. The van der Waals surface area contributed by atoms with Crippen LogP contribution in [0.15, 0.2) is 72.8 Å². The van der Waals surface area contributed by atoms with Gasteiger partial charge < -0.3 is 14.8 Å². The molecule has 0 bridgehead atoms. The van der Waals surface area contributed by atoms with Gasteiger partial charge in [0.05, 0.1) is 0 Å². The van der Waals surface area contributed by atoms with Gasteiger partial charge in [-0.05, 0) is 47.7 Å². The van der Waals surface area contributed by atoms with Crippen molar-refractivity contribution in [1.82, 2.24) is 5.32 Å². The molecular formula is C24H23NO3. The Morgan fingerprint density at radius 3 is 2.39 bits per heavy atom. The van der Waals surface area contributed by atoms with Crippen LogP contribution >= 0.6 is 0 Å². The average molecular weight is 373 g/mol. The summed E-state index contributed by atoms with van der Waals surface area (Å²) in [7, 11) is 0. The van der Waals surface area contributed by atoms with Gasteiger partial charge in [0.15, 0.2) is 11.5 Å². The zero-order chi connectivity index (χ0) is 19.2.